The van der Waals surface area contributed by atoms with Crippen molar-refractivity contribution in [2.75, 3.05) is 0 Å². The van der Waals surface area contributed by atoms with Crippen LogP contribution in [0.25, 0.3) is 11.4 Å². The predicted octanol–water partition coefficient (Wildman–Crippen LogP) is 3.44. The van der Waals surface area contributed by atoms with Crippen LogP contribution in [0.15, 0.2) is 48.5 Å². The van der Waals surface area contributed by atoms with Crippen molar-refractivity contribution in [1.29, 1.82) is 0 Å². The molecule has 0 saturated carbocycles. The van der Waals surface area contributed by atoms with Crippen molar-refractivity contribution in [2.45, 2.75) is 19.9 Å². The maximum Gasteiger partial charge on any atom is 0.206 e. The molecule has 23 heavy (non-hydrogen) atoms. The molecule has 0 atom stereocenters. The third-order valence-corrected chi connectivity index (χ3v) is 3.87. The number of tetrazole rings is 1. The predicted molar refractivity (Wildman–Crippen MR) is 88.4 cm³/mol. The second-order valence-corrected chi connectivity index (χ2v) is 5.50. The van der Waals surface area contributed by atoms with E-state index in [4.69, 9.17) is 11.6 Å². The highest BCUT2D eigenvalue weighted by Gasteiger charge is 2.12. The Morgan fingerprint density at radius 1 is 1.13 bits per heavy atom. The van der Waals surface area contributed by atoms with Crippen molar-refractivity contribution >= 4 is 17.4 Å². The average Bonchev–Trinajstić information content (AvgIpc) is 3.03. The summed E-state index contributed by atoms with van der Waals surface area (Å²) in [6.07, 6.45) is 0.945. The maximum atomic E-state index is 12.3. The van der Waals surface area contributed by atoms with E-state index < -0.39 is 0 Å². The molecule has 0 aliphatic rings. The topological polar surface area (TPSA) is 60.7 Å². The zero-order valence-electron chi connectivity index (χ0n) is 12.6. The van der Waals surface area contributed by atoms with Crippen LogP contribution in [-0.2, 0) is 13.0 Å². The number of hydrogen-bond donors (Lipinski definition) is 0. The van der Waals surface area contributed by atoms with Gasteiger partial charge in [0, 0.05) is 11.1 Å². The van der Waals surface area contributed by atoms with E-state index in [-0.39, 0.29) is 12.3 Å². The molecule has 0 aliphatic carbocycles. The van der Waals surface area contributed by atoms with Gasteiger partial charge in [-0.1, -0.05) is 54.9 Å². The van der Waals surface area contributed by atoms with Crippen molar-refractivity contribution in [3.8, 4) is 11.4 Å². The number of Topliss-reactive ketones (excluding diaryl/α,β-unsaturated/α-hetero) is 1. The van der Waals surface area contributed by atoms with Crippen LogP contribution in [-0.4, -0.2) is 26.0 Å². The summed E-state index contributed by atoms with van der Waals surface area (Å²) in [5.74, 6) is 0.348. The summed E-state index contributed by atoms with van der Waals surface area (Å²) in [5.41, 5.74) is 2.53. The Bertz CT molecular complexity index is 827. The average molecular weight is 327 g/mol. The highest BCUT2D eigenvalue weighted by atomic mass is 35.5. The molecule has 0 N–H and O–H groups in total. The zero-order valence-corrected chi connectivity index (χ0v) is 13.4. The summed E-state index contributed by atoms with van der Waals surface area (Å²) in [4.78, 5) is 13.6. The molecule has 0 fully saturated rings. The number of aromatic nitrogens is 4. The molecular weight excluding hydrogens is 312 g/mol. The maximum absolute atomic E-state index is 12.3. The number of aryl methyl sites for hydroxylation is 1. The Kier molecular flexibility index (Phi) is 4.48. The van der Waals surface area contributed by atoms with Crippen molar-refractivity contribution < 1.29 is 4.79 Å². The number of halogens is 1. The van der Waals surface area contributed by atoms with Crippen LogP contribution in [0, 0.1) is 0 Å². The lowest BCUT2D eigenvalue weighted by molar-refractivity contribution is 0.0961. The quantitative estimate of drug-likeness (QED) is 0.674. The Morgan fingerprint density at radius 3 is 2.57 bits per heavy atom. The van der Waals surface area contributed by atoms with Gasteiger partial charge < -0.3 is 0 Å². The van der Waals surface area contributed by atoms with Crippen molar-refractivity contribution in [2.24, 2.45) is 0 Å². The third-order valence-electron chi connectivity index (χ3n) is 3.54. The second-order valence-electron chi connectivity index (χ2n) is 5.10. The first-order valence-electron chi connectivity index (χ1n) is 7.32. The Morgan fingerprint density at radius 2 is 1.87 bits per heavy atom. The minimum absolute atomic E-state index is 0.0446. The van der Waals surface area contributed by atoms with Gasteiger partial charge in [-0.05, 0) is 29.3 Å². The highest BCUT2D eigenvalue weighted by Crippen LogP contribution is 2.23. The van der Waals surface area contributed by atoms with Gasteiger partial charge >= 0.3 is 0 Å². The van der Waals surface area contributed by atoms with Crippen LogP contribution in [0.1, 0.15) is 22.8 Å². The lowest BCUT2D eigenvalue weighted by Gasteiger charge is -2.01. The Balaban J connectivity index is 1.76. The minimum atomic E-state index is -0.0595. The number of nitrogens with zero attached hydrogens (tertiary/aromatic N) is 4. The molecule has 0 unspecified atom stereocenters. The van der Waals surface area contributed by atoms with E-state index in [0.717, 1.165) is 6.42 Å². The molecule has 0 amide bonds. The summed E-state index contributed by atoms with van der Waals surface area (Å²) < 4.78 is 0. The SMILES string of the molecule is CCc1ccc(C(=O)Cn2nnc(-c3ccccc3Cl)n2)cc1. The zero-order chi connectivity index (χ0) is 16.2. The van der Waals surface area contributed by atoms with Gasteiger partial charge in [0.05, 0.1) is 5.02 Å². The molecule has 5 nitrogen and oxygen atoms in total. The number of benzene rings is 2. The van der Waals surface area contributed by atoms with Gasteiger partial charge in [0.25, 0.3) is 0 Å². The number of ketones is 1. The van der Waals surface area contributed by atoms with Gasteiger partial charge in [-0.25, -0.2) is 0 Å². The summed E-state index contributed by atoms with van der Waals surface area (Å²) in [5, 5.41) is 12.7. The van der Waals surface area contributed by atoms with Crippen LogP contribution < -0.4 is 0 Å². The molecule has 6 heteroatoms. The van der Waals surface area contributed by atoms with Crippen LogP contribution >= 0.6 is 11.6 Å². The van der Waals surface area contributed by atoms with E-state index in [0.29, 0.717) is 22.0 Å². The normalized spacial score (nSPS) is 10.7. The van der Waals surface area contributed by atoms with Gasteiger partial charge in [0.1, 0.15) is 6.54 Å². The molecule has 1 heterocycles. The summed E-state index contributed by atoms with van der Waals surface area (Å²) in [6.45, 7) is 2.12. The molecule has 0 radical (unpaired) electrons. The van der Waals surface area contributed by atoms with E-state index in [1.165, 1.54) is 10.4 Å². The molecule has 0 saturated heterocycles. The molecule has 2 aromatic carbocycles. The Hall–Kier alpha value is -2.53. The number of carbonyl (C=O) groups is 1. The van der Waals surface area contributed by atoms with Crippen molar-refractivity contribution in [1.82, 2.24) is 20.2 Å². The summed E-state index contributed by atoms with van der Waals surface area (Å²) >= 11 is 6.11. The first-order valence-corrected chi connectivity index (χ1v) is 7.70. The number of rotatable bonds is 5. The van der Waals surface area contributed by atoms with E-state index in [2.05, 4.69) is 22.3 Å². The highest BCUT2D eigenvalue weighted by molar-refractivity contribution is 6.33. The monoisotopic (exact) mass is 326 g/mol. The molecule has 116 valence electrons. The minimum Gasteiger partial charge on any atom is -0.292 e. The van der Waals surface area contributed by atoms with Gasteiger partial charge in [0.2, 0.25) is 5.82 Å². The van der Waals surface area contributed by atoms with Gasteiger partial charge in [-0.2, -0.15) is 4.80 Å². The fraction of sp³-hybridized carbons (Fsp3) is 0.176. The van der Waals surface area contributed by atoms with E-state index >= 15 is 0 Å². The van der Waals surface area contributed by atoms with Gasteiger partial charge in [-0.15, -0.1) is 10.2 Å². The largest absolute Gasteiger partial charge is 0.292 e. The first kappa shape index (κ1) is 15.4. The lowest BCUT2D eigenvalue weighted by Crippen LogP contribution is -2.13. The summed E-state index contributed by atoms with van der Waals surface area (Å²) in [7, 11) is 0. The fourth-order valence-electron chi connectivity index (χ4n) is 2.21. The molecule has 3 aromatic rings. The number of carbonyl (C=O) groups excluding carboxylic acids is 1. The van der Waals surface area contributed by atoms with Crippen LogP contribution in [0.2, 0.25) is 5.02 Å². The van der Waals surface area contributed by atoms with E-state index in [1.807, 2.05) is 42.5 Å². The number of hydrogen-bond acceptors (Lipinski definition) is 4. The molecule has 0 aliphatic heterocycles. The fourth-order valence-corrected chi connectivity index (χ4v) is 2.43. The van der Waals surface area contributed by atoms with Crippen LogP contribution in [0.5, 0.6) is 0 Å². The van der Waals surface area contributed by atoms with Crippen molar-refractivity contribution in [3.05, 3.63) is 64.7 Å². The molecule has 0 spiro atoms. The molecule has 0 bridgehead atoms. The molecule has 3 rings (SSSR count). The first-order chi connectivity index (χ1) is 11.2. The van der Waals surface area contributed by atoms with E-state index in [1.54, 1.807) is 6.07 Å². The molecular formula is C17H15ClN4O. The van der Waals surface area contributed by atoms with Gasteiger partial charge in [0.15, 0.2) is 5.78 Å². The van der Waals surface area contributed by atoms with Gasteiger partial charge in [-0.3, -0.25) is 4.79 Å². The lowest BCUT2D eigenvalue weighted by atomic mass is 10.1. The second kappa shape index (κ2) is 6.71. The smallest absolute Gasteiger partial charge is 0.206 e. The Labute approximate surface area is 138 Å². The summed E-state index contributed by atoms with van der Waals surface area (Å²) in [6, 6.07) is 14.8. The van der Waals surface area contributed by atoms with Crippen molar-refractivity contribution in [3.63, 3.8) is 0 Å². The van der Waals surface area contributed by atoms with Crippen LogP contribution in [0.4, 0.5) is 0 Å². The third kappa shape index (κ3) is 3.46. The van der Waals surface area contributed by atoms with E-state index in [9.17, 15) is 4.79 Å². The van der Waals surface area contributed by atoms with Crippen LogP contribution in [0.3, 0.4) is 0 Å². The standard InChI is InChI=1S/C17H15ClN4O/c1-2-12-7-9-13(10-8-12)16(23)11-22-20-17(19-21-22)14-5-3-4-6-15(14)18/h3-10H,2,11H2,1H3. The molecule has 1 aromatic heterocycles.